The number of likely N-dealkylation sites (N-methyl/N-ethyl adjacent to an activating group) is 1. The number of hydrogen-bond acceptors (Lipinski definition) is 3. The molecule has 3 rings (SSSR count). The van der Waals surface area contributed by atoms with Crippen LogP contribution in [0.4, 0.5) is 0 Å². The van der Waals surface area contributed by atoms with Gasteiger partial charge in [0.15, 0.2) is 0 Å². The summed E-state index contributed by atoms with van der Waals surface area (Å²) in [6, 6.07) is 13.3. The van der Waals surface area contributed by atoms with Crippen LogP contribution >= 0.6 is 0 Å². The smallest absolute Gasteiger partial charge is 0.0705 e. The number of fused-ring (bicyclic) bond motifs is 1. The molecule has 0 amide bonds. The Balaban J connectivity index is 1.80. The van der Waals surface area contributed by atoms with E-state index < -0.39 is 0 Å². The van der Waals surface area contributed by atoms with Crippen LogP contribution in [0.15, 0.2) is 36.4 Å². The first-order chi connectivity index (χ1) is 8.86. The van der Waals surface area contributed by atoms with Gasteiger partial charge in [-0.05, 0) is 18.7 Å². The predicted molar refractivity (Wildman–Crippen MR) is 74.5 cm³/mol. The van der Waals surface area contributed by atoms with Crippen molar-refractivity contribution < 1.29 is 0 Å². The van der Waals surface area contributed by atoms with Crippen LogP contribution in [0.25, 0.3) is 10.9 Å². The monoisotopic (exact) mass is 241 g/mol. The first-order valence-electron chi connectivity index (χ1n) is 6.66. The van der Waals surface area contributed by atoms with Gasteiger partial charge < -0.3 is 5.32 Å². The van der Waals surface area contributed by atoms with Gasteiger partial charge in [0, 0.05) is 31.1 Å². The van der Waals surface area contributed by atoms with Crippen LogP contribution in [-0.4, -0.2) is 35.6 Å². The van der Waals surface area contributed by atoms with Crippen molar-refractivity contribution in [1.29, 1.82) is 0 Å². The van der Waals surface area contributed by atoms with Gasteiger partial charge in [0.25, 0.3) is 0 Å². The van der Waals surface area contributed by atoms with Crippen LogP contribution in [-0.2, 0) is 6.54 Å². The molecule has 2 heterocycles. The van der Waals surface area contributed by atoms with Crippen LogP contribution in [0.2, 0.25) is 0 Å². The number of benzene rings is 1. The summed E-state index contributed by atoms with van der Waals surface area (Å²) in [7, 11) is 0. The predicted octanol–water partition coefficient (Wildman–Crippen LogP) is 2.03. The molecule has 1 N–H and O–H groups in total. The molecule has 2 aromatic rings. The fourth-order valence-corrected chi connectivity index (χ4v) is 2.44. The second-order valence-electron chi connectivity index (χ2n) is 4.87. The SMILES string of the molecule is CCN(Cc1ccc2ccccc2n1)C1CNC1. The summed E-state index contributed by atoms with van der Waals surface area (Å²) < 4.78 is 0. The first-order valence-corrected chi connectivity index (χ1v) is 6.66. The maximum atomic E-state index is 4.74. The van der Waals surface area contributed by atoms with E-state index in [0.717, 1.165) is 31.7 Å². The van der Waals surface area contributed by atoms with Gasteiger partial charge in [-0.25, -0.2) is 0 Å². The number of rotatable bonds is 4. The second kappa shape index (κ2) is 5.04. The van der Waals surface area contributed by atoms with Gasteiger partial charge in [0.05, 0.1) is 11.2 Å². The summed E-state index contributed by atoms with van der Waals surface area (Å²) in [6.07, 6.45) is 0. The summed E-state index contributed by atoms with van der Waals surface area (Å²) in [4.78, 5) is 7.24. The van der Waals surface area contributed by atoms with Gasteiger partial charge in [-0.1, -0.05) is 31.2 Å². The molecule has 94 valence electrons. The van der Waals surface area contributed by atoms with Crippen molar-refractivity contribution in [3.8, 4) is 0 Å². The Bertz CT molecular complexity index is 534. The third kappa shape index (κ3) is 2.24. The molecule has 3 nitrogen and oxygen atoms in total. The average Bonchev–Trinajstić information content (AvgIpc) is 2.35. The quantitative estimate of drug-likeness (QED) is 0.887. The fourth-order valence-electron chi connectivity index (χ4n) is 2.44. The molecule has 1 fully saturated rings. The fraction of sp³-hybridized carbons (Fsp3) is 0.400. The minimum Gasteiger partial charge on any atom is -0.314 e. The van der Waals surface area contributed by atoms with Crippen molar-refractivity contribution in [3.05, 3.63) is 42.1 Å². The number of hydrogen-bond donors (Lipinski definition) is 1. The normalized spacial score (nSPS) is 16.1. The molecule has 0 bridgehead atoms. The van der Waals surface area contributed by atoms with Gasteiger partial charge in [-0.2, -0.15) is 0 Å². The molecule has 0 saturated carbocycles. The molecule has 1 saturated heterocycles. The van der Waals surface area contributed by atoms with Gasteiger partial charge in [-0.3, -0.25) is 9.88 Å². The molecule has 0 spiro atoms. The van der Waals surface area contributed by atoms with Crippen molar-refractivity contribution in [2.24, 2.45) is 0 Å². The molecule has 1 aromatic carbocycles. The van der Waals surface area contributed by atoms with E-state index in [4.69, 9.17) is 4.98 Å². The summed E-state index contributed by atoms with van der Waals surface area (Å²) in [5.41, 5.74) is 2.26. The molecule has 0 atom stereocenters. The zero-order chi connectivity index (χ0) is 12.4. The third-order valence-corrected chi connectivity index (χ3v) is 3.70. The average molecular weight is 241 g/mol. The Labute approximate surface area is 108 Å². The Morgan fingerprint density at radius 2 is 2.06 bits per heavy atom. The van der Waals surface area contributed by atoms with E-state index in [-0.39, 0.29) is 0 Å². The molecular formula is C15H19N3. The van der Waals surface area contributed by atoms with Gasteiger partial charge >= 0.3 is 0 Å². The highest BCUT2D eigenvalue weighted by atomic mass is 15.2. The number of nitrogens with zero attached hydrogens (tertiary/aromatic N) is 2. The highest BCUT2D eigenvalue weighted by Gasteiger charge is 2.23. The lowest BCUT2D eigenvalue weighted by Crippen LogP contribution is -2.56. The highest BCUT2D eigenvalue weighted by molar-refractivity contribution is 5.78. The minimum absolute atomic E-state index is 0.684. The largest absolute Gasteiger partial charge is 0.314 e. The van der Waals surface area contributed by atoms with Crippen molar-refractivity contribution in [1.82, 2.24) is 15.2 Å². The van der Waals surface area contributed by atoms with Crippen molar-refractivity contribution in [2.75, 3.05) is 19.6 Å². The van der Waals surface area contributed by atoms with Crippen LogP contribution in [0, 0.1) is 0 Å². The van der Waals surface area contributed by atoms with Crippen LogP contribution < -0.4 is 5.32 Å². The summed E-state index contributed by atoms with van der Waals surface area (Å²) in [5.74, 6) is 0. The maximum Gasteiger partial charge on any atom is 0.0705 e. The molecule has 1 aliphatic rings. The number of aromatic nitrogens is 1. The molecule has 0 radical (unpaired) electrons. The van der Waals surface area contributed by atoms with E-state index in [9.17, 15) is 0 Å². The van der Waals surface area contributed by atoms with Gasteiger partial charge in [-0.15, -0.1) is 0 Å². The molecule has 1 aliphatic heterocycles. The lowest BCUT2D eigenvalue weighted by molar-refractivity contribution is 0.144. The Hall–Kier alpha value is -1.45. The van der Waals surface area contributed by atoms with E-state index in [1.165, 1.54) is 11.1 Å². The molecule has 1 aromatic heterocycles. The van der Waals surface area contributed by atoms with E-state index in [1.807, 2.05) is 6.07 Å². The summed E-state index contributed by atoms with van der Waals surface area (Å²) in [5, 5.41) is 4.55. The molecule has 18 heavy (non-hydrogen) atoms. The lowest BCUT2D eigenvalue weighted by atomic mass is 10.1. The number of para-hydroxylation sites is 1. The van der Waals surface area contributed by atoms with Crippen LogP contribution in [0.5, 0.6) is 0 Å². The maximum absolute atomic E-state index is 4.74. The van der Waals surface area contributed by atoms with Gasteiger partial charge in [0.2, 0.25) is 0 Å². The topological polar surface area (TPSA) is 28.2 Å². The van der Waals surface area contributed by atoms with Crippen molar-refractivity contribution >= 4 is 10.9 Å². The van der Waals surface area contributed by atoms with Crippen molar-refractivity contribution in [2.45, 2.75) is 19.5 Å². The number of pyridine rings is 1. The zero-order valence-corrected chi connectivity index (χ0v) is 10.8. The van der Waals surface area contributed by atoms with E-state index in [2.05, 4.69) is 47.5 Å². The Morgan fingerprint density at radius 3 is 2.78 bits per heavy atom. The minimum atomic E-state index is 0.684. The number of nitrogens with one attached hydrogen (secondary N) is 1. The van der Waals surface area contributed by atoms with Crippen LogP contribution in [0.3, 0.4) is 0 Å². The Morgan fingerprint density at radius 1 is 1.22 bits per heavy atom. The van der Waals surface area contributed by atoms with Crippen molar-refractivity contribution in [3.63, 3.8) is 0 Å². The van der Waals surface area contributed by atoms with Gasteiger partial charge in [0.1, 0.15) is 0 Å². The standard InChI is InChI=1S/C15H19N3/c1-2-18(14-9-16-10-14)11-13-8-7-12-5-3-4-6-15(12)17-13/h3-8,14,16H,2,9-11H2,1H3. The lowest BCUT2D eigenvalue weighted by Gasteiger charge is -2.37. The Kier molecular flexibility index (Phi) is 3.26. The van der Waals surface area contributed by atoms with E-state index >= 15 is 0 Å². The van der Waals surface area contributed by atoms with Crippen LogP contribution in [0.1, 0.15) is 12.6 Å². The van der Waals surface area contributed by atoms with E-state index in [1.54, 1.807) is 0 Å². The third-order valence-electron chi connectivity index (χ3n) is 3.70. The summed E-state index contributed by atoms with van der Waals surface area (Å²) in [6.45, 7) is 6.48. The molecule has 3 heteroatoms. The zero-order valence-electron chi connectivity index (χ0n) is 10.8. The molecular weight excluding hydrogens is 222 g/mol. The highest BCUT2D eigenvalue weighted by Crippen LogP contribution is 2.14. The molecule has 0 aliphatic carbocycles. The van der Waals surface area contributed by atoms with E-state index in [0.29, 0.717) is 6.04 Å². The first kappa shape index (κ1) is 11.6. The second-order valence-corrected chi connectivity index (χ2v) is 4.87. The molecule has 0 unspecified atom stereocenters. The summed E-state index contributed by atoms with van der Waals surface area (Å²) >= 11 is 0.